The highest BCUT2D eigenvalue weighted by Crippen LogP contribution is 2.36. The summed E-state index contributed by atoms with van der Waals surface area (Å²) < 4.78 is 5.70. The second-order valence-electron chi connectivity index (χ2n) is 7.42. The molecule has 31 heavy (non-hydrogen) atoms. The highest BCUT2D eigenvalue weighted by Gasteiger charge is 2.32. The Morgan fingerprint density at radius 2 is 2.13 bits per heavy atom. The van der Waals surface area contributed by atoms with Crippen molar-refractivity contribution in [1.82, 2.24) is 30.3 Å². The average Bonchev–Trinajstić information content (AvgIpc) is 3.55. The molecule has 0 unspecified atom stereocenters. The van der Waals surface area contributed by atoms with Crippen LogP contribution in [0.25, 0.3) is 17.5 Å². The van der Waals surface area contributed by atoms with E-state index in [2.05, 4.69) is 42.1 Å². The molecule has 1 aliphatic rings. The Kier molecular flexibility index (Phi) is 4.91. The minimum atomic E-state index is 0.00510. The molecule has 9 nitrogen and oxygen atoms in total. The van der Waals surface area contributed by atoms with Crippen LogP contribution in [0.5, 0.6) is 0 Å². The molecule has 0 amide bonds. The summed E-state index contributed by atoms with van der Waals surface area (Å²) in [4.78, 5) is 15.9. The van der Waals surface area contributed by atoms with Crippen molar-refractivity contribution < 1.29 is 4.52 Å². The van der Waals surface area contributed by atoms with Gasteiger partial charge in [-0.25, -0.2) is 4.98 Å². The first kappa shape index (κ1) is 19.0. The minimum absolute atomic E-state index is 0.00510. The van der Waals surface area contributed by atoms with E-state index in [1.807, 2.05) is 43.3 Å². The summed E-state index contributed by atoms with van der Waals surface area (Å²) in [6.07, 6.45) is 5.40. The first-order chi connectivity index (χ1) is 15.2. The first-order valence-corrected chi connectivity index (χ1v) is 10.1. The van der Waals surface area contributed by atoms with Crippen LogP contribution in [0.2, 0.25) is 0 Å². The number of nitrogens with zero attached hydrogens (tertiary/aromatic N) is 6. The van der Waals surface area contributed by atoms with Crippen LogP contribution in [0.4, 0.5) is 17.6 Å². The third-order valence-electron chi connectivity index (χ3n) is 5.20. The van der Waals surface area contributed by atoms with E-state index < -0.39 is 0 Å². The molecule has 1 atom stereocenters. The SMILES string of the molecule is C=Cc1cc(Nc2cc(C)[nH]n2)nc(N2CCC[C@H]2c2cc(-c3ccccn3)no2)n1. The zero-order valence-corrected chi connectivity index (χ0v) is 17.1. The van der Waals surface area contributed by atoms with E-state index in [0.29, 0.717) is 17.6 Å². The molecule has 4 aromatic heterocycles. The molecule has 0 aliphatic carbocycles. The predicted molar refractivity (Wildman–Crippen MR) is 118 cm³/mol. The van der Waals surface area contributed by atoms with Gasteiger partial charge in [0.25, 0.3) is 0 Å². The number of aryl methyl sites for hydroxylation is 1. The van der Waals surface area contributed by atoms with Gasteiger partial charge in [-0.05, 0) is 38.0 Å². The molecule has 5 rings (SSSR count). The largest absolute Gasteiger partial charge is 0.358 e. The number of aromatic nitrogens is 6. The van der Waals surface area contributed by atoms with E-state index in [9.17, 15) is 0 Å². The van der Waals surface area contributed by atoms with Crippen molar-refractivity contribution >= 4 is 23.7 Å². The molecule has 0 spiro atoms. The van der Waals surface area contributed by atoms with Crippen molar-refractivity contribution in [3.8, 4) is 11.4 Å². The zero-order chi connectivity index (χ0) is 21.2. The standard InChI is InChI=1S/C22H22N8O/c1-3-15-12-20(25-21-11-14(2)27-28-21)26-22(24-15)30-10-6-8-18(30)19-13-17(29-31-19)16-7-4-5-9-23-16/h3-5,7,9,11-13,18H,1,6,8,10H2,2H3,(H2,24,25,26,27,28)/t18-/m0/s1. The molecule has 0 bridgehead atoms. The molecule has 1 fully saturated rings. The first-order valence-electron chi connectivity index (χ1n) is 10.1. The van der Waals surface area contributed by atoms with Gasteiger partial charge in [-0.15, -0.1) is 0 Å². The van der Waals surface area contributed by atoms with E-state index in [4.69, 9.17) is 9.51 Å². The molecule has 0 aromatic carbocycles. The van der Waals surface area contributed by atoms with E-state index in [1.54, 1.807) is 12.3 Å². The molecule has 9 heteroatoms. The summed E-state index contributed by atoms with van der Waals surface area (Å²) in [7, 11) is 0. The van der Waals surface area contributed by atoms with Gasteiger partial charge in [0.1, 0.15) is 11.5 Å². The molecule has 156 valence electrons. The lowest BCUT2D eigenvalue weighted by Gasteiger charge is -2.23. The lowest BCUT2D eigenvalue weighted by atomic mass is 10.1. The Morgan fingerprint density at radius 1 is 1.19 bits per heavy atom. The van der Waals surface area contributed by atoms with Crippen LogP contribution in [0, 0.1) is 6.92 Å². The Balaban J connectivity index is 1.44. The summed E-state index contributed by atoms with van der Waals surface area (Å²) in [5, 5.41) is 14.6. The highest BCUT2D eigenvalue weighted by atomic mass is 16.5. The number of anilines is 3. The van der Waals surface area contributed by atoms with Crippen molar-refractivity contribution in [2.45, 2.75) is 25.8 Å². The van der Waals surface area contributed by atoms with Crippen LogP contribution in [0.3, 0.4) is 0 Å². The highest BCUT2D eigenvalue weighted by molar-refractivity contribution is 5.59. The van der Waals surface area contributed by atoms with Crippen LogP contribution in [0.15, 0.2) is 53.7 Å². The quantitative estimate of drug-likeness (QED) is 0.481. The third kappa shape index (κ3) is 3.89. The van der Waals surface area contributed by atoms with Crippen molar-refractivity contribution in [3.05, 3.63) is 66.3 Å². The second-order valence-corrected chi connectivity index (χ2v) is 7.42. The van der Waals surface area contributed by atoms with Crippen molar-refractivity contribution in [2.75, 3.05) is 16.8 Å². The smallest absolute Gasteiger partial charge is 0.228 e. The predicted octanol–water partition coefficient (Wildman–Crippen LogP) is 4.29. The van der Waals surface area contributed by atoms with Gasteiger partial charge in [-0.1, -0.05) is 17.8 Å². The lowest BCUT2D eigenvalue weighted by molar-refractivity contribution is 0.362. The van der Waals surface area contributed by atoms with Crippen LogP contribution >= 0.6 is 0 Å². The van der Waals surface area contributed by atoms with E-state index in [0.717, 1.165) is 47.9 Å². The topological polar surface area (TPSA) is 109 Å². The molecule has 2 N–H and O–H groups in total. The van der Waals surface area contributed by atoms with Crippen molar-refractivity contribution in [3.63, 3.8) is 0 Å². The normalized spacial score (nSPS) is 15.9. The van der Waals surface area contributed by atoms with Gasteiger partial charge in [0.2, 0.25) is 5.95 Å². The fraction of sp³-hybridized carbons (Fsp3) is 0.227. The summed E-state index contributed by atoms with van der Waals surface area (Å²) in [6.45, 7) is 6.65. The van der Waals surface area contributed by atoms with Crippen molar-refractivity contribution in [1.29, 1.82) is 0 Å². The number of H-pyrrole nitrogens is 1. The van der Waals surface area contributed by atoms with E-state index in [-0.39, 0.29) is 6.04 Å². The summed E-state index contributed by atoms with van der Waals surface area (Å²) in [5.74, 6) is 2.75. The molecule has 4 aromatic rings. The monoisotopic (exact) mass is 414 g/mol. The fourth-order valence-electron chi connectivity index (χ4n) is 3.75. The van der Waals surface area contributed by atoms with E-state index in [1.165, 1.54) is 0 Å². The van der Waals surface area contributed by atoms with Gasteiger partial charge in [0.15, 0.2) is 11.6 Å². The number of aromatic amines is 1. The van der Waals surface area contributed by atoms with Gasteiger partial charge in [-0.3, -0.25) is 10.1 Å². The Morgan fingerprint density at radius 3 is 2.90 bits per heavy atom. The number of hydrogen-bond donors (Lipinski definition) is 2. The van der Waals surface area contributed by atoms with Crippen LogP contribution in [-0.4, -0.2) is 36.9 Å². The Labute approximate surface area is 179 Å². The molecule has 0 radical (unpaired) electrons. The third-order valence-corrected chi connectivity index (χ3v) is 5.20. The summed E-state index contributed by atoms with van der Waals surface area (Å²) in [6, 6.07) is 11.4. The second kappa shape index (κ2) is 8.02. The lowest BCUT2D eigenvalue weighted by Crippen LogP contribution is -2.25. The molecular formula is C22H22N8O. The maximum atomic E-state index is 5.70. The van der Waals surface area contributed by atoms with Crippen LogP contribution in [-0.2, 0) is 0 Å². The van der Waals surface area contributed by atoms with Gasteiger partial charge in [0, 0.05) is 36.6 Å². The number of hydrogen-bond acceptors (Lipinski definition) is 8. The molecular weight excluding hydrogens is 392 g/mol. The Bertz CT molecular complexity index is 1200. The van der Waals surface area contributed by atoms with Crippen LogP contribution in [0.1, 0.15) is 36.0 Å². The van der Waals surface area contributed by atoms with Gasteiger partial charge in [0.05, 0.1) is 17.4 Å². The maximum absolute atomic E-state index is 5.70. The molecule has 0 saturated carbocycles. The molecule has 5 heterocycles. The fourth-order valence-corrected chi connectivity index (χ4v) is 3.75. The Hall–Kier alpha value is -4.01. The van der Waals surface area contributed by atoms with Gasteiger partial charge >= 0.3 is 0 Å². The number of pyridine rings is 1. The maximum Gasteiger partial charge on any atom is 0.228 e. The summed E-state index contributed by atoms with van der Waals surface area (Å²) in [5.41, 5.74) is 3.21. The van der Waals surface area contributed by atoms with Crippen molar-refractivity contribution in [2.24, 2.45) is 0 Å². The zero-order valence-electron chi connectivity index (χ0n) is 17.1. The average molecular weight is 414 g/mol. The number of rotatable bonds is 6. The molecule has 1 saturated heterocycles. The van der Waals surface area contributed by atoms with Crippen LogP contribution < -0.4 is 10.2 Å². The summed E-state index contributed by atoms with van der Waals surface area (Å²) >= 11 is 0. The number of nitrogens with one attached hydrogen (secondary N) is 2. The minimum Gasteiger partial charge on any atom is -0.358 e. The van der Waals surface area contributed by atoms with Gasteiger partial charge in [-0.2, -0.15) is 10.1 Å². The van der Waals surface area contributed by atoms with Gasteiger partial charge < -0.3 is 14.7 Å². The molecule has 1 aliphatic heterocycles. The van der Waals surface area contributed by atoms with E-state index >= 15 is 0 Å².